The molecule has 0 aliphatic rings. The molecule has 0 bridgehead atoms. The molecule has 3 nitrogen and oxygen atoms in total. The lowest BCUT2D eigenvalue weighted by molar-refractivity contribution is 0.0696. The molecular weight excluding hydrogens is 266 g/mol. The lowest BCUT2D eigenvalue weighted by Gasteiger charge is -2.13. The Morgan fingerprint density at radius 1 is 1.15 bits per heavy atom. The Labute approximate surface area is 114 Å². The van der Waals surface area contributed by atoms with Gasteiger partial charge in [0.05, 0.1) is 12.7 Å². The largest absolute Gasteiger partial charge is 0.496 e. The van der Waals surface area contributed by atoms with Crippen molar-refractivity contribution < 1.29 is 23.4 Å². The zero-order chi connectivity index (χ0) is 14.7. The summed E-state index contributed by atoms with van der Waals surface area (Å²) in [5.74, 6) is -0.782. The van der Waals surface area contributed by atoms with Gasteiger partial charge in [-0.3, -0.25) is 0 Å². The average Bonchev–Trinajstić information content (AvgIpc) is 2.46. The van der Waals surface area contributed by atoms with Gasteiger partial charge in [-0.25, -0.2) is 13.6 Å². The summed E-state index contributed by atoms with van der Waals surface area (Å²) < 4.78 is 31.5. The molecule has 2 aromatic carbocycles. The monoisotopic (exact) mass is 278 g/mol. The van der Waals surface area contributed by atoms with Gasteiger partial charge in [0.15, 0.2) is 0 Å². The van der Waals surface area contributed by atoms with Crippen molar-refractivity contribution in [1.82, 2.24) is 0 Å². The molecule has 0 fully saturated rings. The number of carboxylic acid groups (broad SMARTS) is 1. The summed E-state index contributed by atoms with van der Waals surface area (Å²) in [6, 6.07) is 10.4. The fraction of sp³-hybridized carbons (Fsp3) is 0.133. The first-order chi connectivity index (χ1) is 9.54. The van der Waals surface area contributed by atoms with E-state index in [4.69, 9.17) is 9.84 Å². The van der Waals surface area contributed by atoms with Crippen LogP contribution < -0.4 is 4.74 Å². The number of methoxy groups -OCH3 is 1. The van der Waals surface area contributed by atoms with Crippen LogP contribution in [0.1, 0.15) is 22.3 Å². The first kappa shape index (κ1) is 14.0. The molecule has 20 heavy (non-hydrogen) atoms. The molecule has 0 aliphatic heterocycles. The third-order valence-electron chi connectivity index (χ3n) is 2.93. The van der Waals surface area contributed by atoms with Crippen molar-refractivity contribution in [2.24, 2.45) is 0 Å². The Bertz CT molecular complexity index is 639. The minimum atomic E-state index is -2.77. The number of carbonyl (C=O) groups is 1. The van der Waals surface area contributed by atoms with Crippen LogP contribution >= 0.6 is 0 Å². The molecule has 0 heterocycles. The van der Waals surface area contributed by atoms with Crippen LogP contribution in [0.15, 0.2) is 42.5 Å². The van der Waals surface area contributed by atoms with E-state index in [-0.39, 0.29) is 16.7 Å². The molecule has 5 heteroatoms. The van der Waals surface area contributed by atoms with E-state index in [0.717, 1.165) is 6.07 Å². The van der Waals surface area contributed by atoms with Crippen LogP contribution in [0.25, 0.3) is 11.1 Å². The minimum Gasteiger partial charge on any atom is -0.496 e. The number of carboxylic acids is 1. The second-order valence-electron chi connectivity index (χ2n) is 4.11. The quantitative estimate of drug-likeness (QED) is 0.919. The van der Waals surface area contributed by atoms with Crippen molar-refractivity contribution in [3.63, 3.8) is 0 Å². The Morgan fingerprint density at radius 2 is 1.85 bits per heavy atom. The van der Waals surface area contributed by atoms with Crippen LogP contribution in [0.4, 0.5) is 8.78 Å². The topological polar surface area (TPSA) is 46.5 Å². The van der Waals surface area contributed by atoms with Crippen molar-refractivity contribution in [3.8, 4) is 16.9 Å². The van der Waals surface area contributed by atoms with E-state index in [9.17, 15) is 13.6 Å². The van der Waals surface area contributed by atoms with Gasteiger partial charge >= 0.3 is 5.97 Å². The number of hydrogen-bond donors (Lipinski definition) is 1. The van der Waals surface area contributed by atoms with Crippen LogP contribution in [-0.2, 0) is 0 Å². The lowest BCUT2D eigenvalue weighted by atomic mass is 9.97. The highest BCUT2D eigenvalue weighted by atomic mass is 19.3. The van der Waals surface area contributed by atoms with Gasteiger partial charge in [-0.2, -0.15) is 0 Å². The van der Waals surface area contributed by atoms with Gasteiger partial charge < -0.3 is 9.84 Å². The van der Waals surface area contributed by atoms with Crippen LogP contribution in [0, 0.1) is 0 Å². The second-order valence-corrected chi connectivity index (χ2v) is 4.11. The normalized spacial score (nSPS) is 10.6. The predicted molar refractivity (Wildman–Crippen MR) is 70.3 cm³/mol. The molecule has 0 aromatic heterocycles. The molecule has 0 radical (unpaired) electrons. The maximum atomic E-state index is 13.2. The molecule has 0 unspecified atom stereocenters. The fourth-order valence-corrected chi connectivity index (χ4v) is 1.99. The molecule has 0 spiro atoms. The zero-order valence-corrected chi connectivity index (χ0v) is 10.6. The first-order valence-corrected chi connectivity index (χ1v) is 5.83. The van der Waals surface area contributed by atoms with Crippen LogP contribution in [0.2, 0.25) is 0 Å². The van der Waals surface area contributed by atoms with E-state index in [1.807, 2.05) is 0 Å². The average molecular weight is 278 g/mol. The number of benzene rings is 2. The van der Waals surface area contributed by atoms with Crippen LogP contribution in [-0.4, -0.2) is 18.2 Å². The summed E-state index contributed by atoms with van der Waals surface area (Å²) >= 11 is 0. The van der Waals surface area contributed by atoms with Gasteiger partial charge in [-0.1, -0.05) is 24.3 Å². The third kappa shape index (κ3) is 2.61. The Kier molecular flexibility index (Phi) is 3.98. The minimum absolute atomic E-state index is 0.168. The molecule has 2 rings (SSSR count). The summed E-state index contributed by atoms with van der Waals surface area (Å²) in [4.78, 5) is 10.9. The number of halogens is 2. The molecule has 0 saturated heterocycles. The Morgan fingerprint density at radius 3 is 2.45 bits per heavy atom. The van der Waals surface area contributed by atoms with Crippen molar-refractivity contribution in [2.45, 2.75) is 6.43 Å². The van der Waals surface area contributed by atoms with E-state index in [2.05, 4.69) is 0 Å². The molecule has 1 N–H and O–H groups in total. The zero-order valence-electron chi connectivity index (χ0n) is 10.6. The highest BCUT2D eigenvalue weighted by molar-refractivity contribution is 5.89. The van der Waals surface area contributed by atoms with Crippen molar-refractivity contribution in [1.29, 1.82) is 0 Å². The molecular formula is C15H12F2O3. The Balaban J connectivity index is 2.64. The second kappa shape index (κ2) is 5.69. The maximum Gasteiger partial charge on any atom is 0.335 e. The van der Waals surface area contributed by atoms with Gasteiger partial charge in [-0.15, -0.1) is 0 Å². The maximum absolute atomic E-state index is 13.2. The summed E-state index contributed by atoms with van der Waals surface area (Å²) in [6.45, 7) is 0. The molecule has 0 amide bonds. The summed E-state index contributed by atoms with van der Waals surface area (Å²) in [5, 5.41) is 8.88. The standard InChI is InChI=1S/C15H12F2O3/c1-20-13-5-3-2-4-11(13)10-7-6-9(15(18)19)8-12(10)14(16)17/h2-8,14H,1H3,(H,18,19). The number of alkyl halides is 2. The predicted octanol–water partition coefficient (Wildman–Crippen LogP) is 4.00. The molecule has 0 saturated carbocycles. The van der Waals surface area contributed by atoms with E-state index >= 15 is 0 Å². The highest BCUT2D eigenvalue weighted by Gasteiger charge is 2.18. The number of hydrogen-bond acceptors (Lipinski definition) is 2. The fourth-order valence-electron chi connectivity index (χ4n) is 1.99. The van der Waals surface area contributed by atoms with Gasteiger partial charge in [0, 0.05) is 11.1 Å². The van der Waals surface area contributed by atoms with Gasteiger partial charge in [0.1, 0.15) is 5.75 Å². The van der Waals surface area contributed by atoms with E-state index in [1.54, 1.807) is 24.3 Å². The third-order valence-corrected chi connectivity index (χ3v) is 2.93. The van der Waals surface area contributed by atoms with Gasteiger partial charge in [-0.05, 0) is 23.8 Å². The molecule has 0 aliphatic carbocycles. The summed E-state index contributed by atoms with van der Waals surface area (Å²) in [7, 11) is 1.45. The van der Waals surface area contributed by atoms with Gasteiger partial charge in [0.2, 0.25) is 0 Å². The number of rotatable bonds is 4. The van der Waals surface area contributed by atoms with Crippen molar-refractivity contribution in [2.75, 3.05) is 7.11 Å². The van der Waals surface area contributed by atoms with Crippen LogP contribution in [0.3, 0.4) is 0 Å². The summed E-state index contributed by atoms with van der Waals surface area (Å²) in [6.07, 6.45) is -2.77. The number of aromatic carboxylic acids is 1. The van der Waals surface area contributed by atoms with E-state index in [0.29, 0.717) is 11.3 Å². The smallest absolute Gasteiger partial charge is 0.335 e. The number of ether oxygens (including phenoxy) is 1. The molecule has 104 valence electrons. The molecule has 2 aromatic rings. The highest BCUT2D eigenvalue weighted by Crippen LogP contribution is 2.36. The van der Waals surface area contributed by atoms with Gasteiger partial charge in [0.25, 0.3) is 6.43 Å². The Hall–Kier alpha value is -2.43. The summed E-state index contributed by atoms with van der Waals surface area (Å²) in [5.41, 5.74) is 0.276. The van der Waals surface area contributed by atoms with Crippen molar-refractivity contribution in [3.05, 3.63) is 53.6 Å². The molecule has 0 atom stereocenters. The number of para-hydroxylation sites is 1. The van der Waals surface area contributed by atoms with E-state index in [1.165, 1.54) is 19.2 Å². The van der Waals surface area contributed by atoms with Crippen LogP contribution in [0.5, 0.6) is 5.75 Å². The van der Waals surface area contributed by atoms with E-state index < -0.39 is 12.4 Å². The van der Waals surface area contributed by atoms with Crippen molar-refractivity contribution >= 4 is 5.97 Å². The first-order valence-electron chi connectivity index (χ1n) is 5.83. The SMILES string of the molecule is COc1ccccc1-c1ccc(C(=O)O)cc1C(F)F. The lowest BCUT2D eigenvalue weighted by Crippen LogP contribution is -2.00.